The molecule has 6 heteroatoms. The van der Waals surface area contributed by atoms with Gasteiger partial charge in [0.15, 0.2) is 5.13 Å². The van der Waals surface area contributed by atoms with Gasteiger partial charge in [-0.15, -0.1) is 11.3 Å². The van der Waals surface area contributed by atoms with Gasteiger partial charge in [-0.25, -0.2) is 9.78 Å². The first kappa shape index (κ1) is 17.4. The fourth-order valence-corrected chi connectivity index (χ4v) is 3.80. The van der Waals surface area contributed by atoms with Crippen LogP contribution in [0.5, 0.6) is 0 Å². The monoisotopic (exact) mass is 356 g/mol. The average Bonchev–Trinajstić information content (AvgIpc) is 2.87. The zero-order chi connectivity index (χ0) is 17.6. The van der Waals surface area contributed by atoms with E-state index in [0.717, 1.165) is 24.1 Å². The summed E-state index contributed by atoms with van der Waals surface area (Å²) in [6.07, 6.45) is 8.86. The van der Waals surface area contributed by atoms with Gasteiger partial charge in [0.2, 0.25) is 5.91 Å². The van der Waals surface area contributed by atoms with Crippen LogP contribution >= 0.6 is 11.3 Å². The van der Waals surface area contributed by atoms with E-state index in [0.29, 0.717) is 10.7 Å². The highest BCUT2D eigenvalue weighted by molar-refractivity contribution is 7.15. The van der Waals surface area contributed by atoms with Crippen molar-refractivity contribution >= 4 is 34.4 Å². The second-order valence-electron chi connectivity index (χ2n) is 5.89. The third kappa shape index (κ3) is 4.54. The molecule has 1 aliphatic carbocycles. The van der Waals surface area contributed by atoms with Crippen LogP contribution in [0.25, 0.3) is 6.08 Å². The van der Waals surface area contributed by atoms with E-state index in [-0.39, 0.29) is 11.9 Å². The molecule has 130 valence electrons. The lowest BCUT2D eigenvalue weighted by Gasteiger charge is -1.99. The summed E-state index contributed by atoms with van der Waals surface area (Å²) < 4.78 is 4.66. The molecule has 0 spiro atoms. The van der Waals surface area contributed by atoms with Crippen molar-refractivity contribution < 1.29 is 14.3 Å². The Hall–Kier alpha value is -2.47. The second kappa shape index (κ2) is 8.07. The molecule has 1 heterocycles. The molecule has 1 amide bonds. The lowest BCUT2D eigenvalue weighted by atomic mass is 10.1. The number of hydrogen-bond donors (Lipinski definition) is 1. The van der Waals surface area contributed by atoms with Crippen LogP contribution in [0.4, 0.5) is 5.13 Å². The third-order valence-corrected chi connectivity index (χ3v) is 5.16. The van der Waals surface area contributed by atoms with Crippen molar-refractivity contribution in [1.29, 1.82) is 0 Å². The number of nitrogens with one attached hydrogen (secondary N) is 1. The normalized spacial score (nSPS) is 14.0. The van der Waals surface area contributed by atoms with Gasteiger partial charge >= 0.3 is 5.97 Å². The number of carbonyl (C=O) groups is 2. The van der Waals surface area contributed by atoms with Gasteiger partial charge in [0.1, 0.15) is 0 Å². The second-order valence-corrected chi connectivity index (χ2v) is 6.97. The maximum atomic E-state index is 12.1. The molecule has 1 aliphatic rings. The van der Waals surface area contributed by atoms with Crippen molar-refractivity contribution in [1.82, 2.24) is 4.98 Å². The summed E-state index contributed by atoms with van der Waals surface area (Å²) in [6.45, 7) is 0. The minimum absolute atomic E-state index is 0.207. The fraction of sp³-hybridized carbons (Fsp3) is 0.316. The number of fused-ring (bicyclic) bond motifs is 1. The van der Waals surface area contributed by atoms with Gasteiger partial charge < -0.3 is 4.74 Å². The van der Waals surface area contributed by atoms with E-state index in [2.05, 4.69) is 15.0 Å². The standard InChI is InChI=1S/C19H20N2O3S/c1-24-18(23)14-10-7-13(8-11-14)9-12-17(22)21-19-20-15-5-3-2-4-6-16(15)25-19/h7-12H,2-6H2,1H3,(H,20,21,22). The van der Waals surface area contributed by atoms with Gasteiger partial charge in [-0.3, -0.25) is 10.1 Å². The van der Waals surface area contributed by atoms with E-state index >= 15 is 0 Å². The number of amides is 1. The van der Waals surface area contributed by atoms with E-state index in [4.69, 9.17) is 0 Å². The highest BCUT2D eigenvalue weighted by atomic mass is 32.1. The zero-order valence-corrected chi connectivity index (χ0v) is 14.9. The Balaban J connectivity index is 1.60. The molecule has 25 heavy (non-hydrogen) atoms. The van der Waals surface area contributed by atoms with E-state index in [1.54, 1.807) is 41.7 Å². The van der Waals surface area contributed by atoms with Crippen LogP contribution in [0.15, 0.2) is 30.3 Å². The van der Waals surface area contributed by atoms with Gasteiger partial charge in [0.05, 0.1) is 18.4 Å². The quantitative estimate of drug-likeness (QED) is 0.513. The first-order valence-corrected chi connectivity index (χ1v) is 9.13. The molecule has 0 radical (unpaired) electrons. The SMILES string of the molecule is COC(=O)c1ccc(C=CC(=O)Nc2nc3c(s2)CCCCC3)cc1. The summed E-state index contributed by atoms with van der Waals surface area (Å²) >= 11 is 1.58. The molecule has 0 saturated heterocycles. The number of aryl methyl sites for hydroxylation is 2. The minimum atomic E-state index is -0.378. The number of methoxy groups -OCH3 is 1. The molecule has 0 aliphatic heterocycles. The number of carbonyl (C=O) groups excluding carboxylic acids is 2. The van der Waals surface area contributed by atoms with Gasteiger partial charge in [-0.05, 0) is 49.5 Å². The summed E-state index contributed by atoms with van der Waals surface area (Å²) in [7, 11) is 1.35. The van der Waals surface area contributed by atoms with Crippen molar-refractivity contribution in [2.45, 2.75) is 32.1 Å². The van der Waals surface area contributed by atoms with Crippen LogP contribution in [0.1, 0.15) is 45.8 Å². The Morgan fingerprint density at radius 1 is 1.16 bits per heavy atom. The van der Waals surface area contributed by atoms with E-state index < -0.39 is 0 Å². The first-order valence-electron chi connectivity index (χ1n) is 8.32. The van der Waals surface area contributed by atoms with Crippen molar-refractivity contribution in [3.8, 4) is 0 Å². The van der Waals surface area contributed by atoms with E-state index in [1.807, 2.05) is 0 Å². The molecular weight excluding hydrogens is 336 g/mol. The molecule has 0 bridgehead atoms. The van der Waals surface area contributed by atoms with Crippen molar-refractivity contribution in [2.24, 2.45) is 0 Å². The number of esters is 1. The largest absolute Gasteiger partial charge is 0.465 e. The summed E-state index contributed by atoms with van der Waals surface area (Å²) in [4.78, 5) is 29.3. The lowest BCUT2D eigenvalue weighted by Crippen LogP contribution is -2.07. The highest BCUT2D eigenvalue weighted by Crippen LogP contribution is 2.28. The smallest absolute Gasteiger partial charge is 0.337 e. The molecular formula is C19H20N2O3S. The Labute approximate surface area is 150 Å². The molecule has 2 aromatic rings. The molecule has 0 atom stereocenters. The molecule has 0 unspecified atom stereocenters. The number of thiazole rings is 1. The molecule has 1 aromatic carbocycles. The Morgan fingerprint density at radius 2 is 1.92 bits per heavy atom. The first-order chi connectivity index (χ1) is 12.2. The van der Waals surface area contributed by atoms with Gasteiger partial charge in [0, 0.05) is 11.0 Å². The highest BCUT2D eigenvalue weighted by Gasteiger charge is 2.14. The average molecular weight is 356 g/mol. The molecule has 1 N–H and O–H groups in total. The van der Waals surface area contributed by atoms with E-state index in [9.17, 15) is 9.59 Å². The number of anilines is 1. The number of benzene rings is 1. The Kier molecular flexibility index (Phi) is 5.60. The van der Waals surface area contributed by atoms with Crippen LogP contribution in [-0.4, -0.2) is 24.0 Å². The van der Waals surface area contributed by atoms with Crippen molar-refractivity contribution in [2.75, 3.05) is 12.4 Å². The van der Waals surface area contributed by atoms with Crippen LogP contribution in [0.2, 0.25) is 0 Å². The molecule has 5 nitrogen and oxygen atoms in total. The van der Waals surface area contributed by atoms with Gasteiger partial charge in [-0.2, -0.15) is 0 Å². The third-order valence-electron chi connectivity index (χ3n) is 4.08. The molecule has 0 fully saturated rings. The maximum Gasteiger partial charge on any atom is 0.337 e. The summed E-state index contributed by atoms with van der Waals surface area (Å²) in [5, 5.41) is 3.51. The molecule has 1 aromatic heterocycles. The summed E-state index contributed by atoms with van der Waals surface area (Å²) in [5.41, 5.74) is 2.45. The van der Waals surface area contributed by atoms with E-state index in [1.165, 1.54) is 37.3 Å². The van der Waals surface area contributed by atoms with Crippen LogP contribution in [0, 0.1) is 0 Å². The van der Waals surface area contributed by atoms with Crippen molar-refractivity contribution in [3.05, 3.63) is 52.0 Å². The fourth-order valence-electron chi connectivity index (χ4n) is 2.75. The van der Waals surface area contributed by atoms with Gasteiger partial charge in [-0.1, -0.05) is 18.6 Å². The number of aromatic nitrogens is 1. The van der Waals surface area contributed by atoms with Crippen molar-refractivity contribution in [3.63, 3.8) is 0 Å². The number of hydrogen-bond acceptors (Lipinski definition) is 5. The van der Waals surface area contributed by atoms with Gasteiger partial charge in [0.25, 0.3) is 0 Å². The predicted molar refractivity (Wildman–Crippen MR) is 98.8 cm³/mol. The van der Waals surface area contributed by atoms with Crippen LogP contribution in [0.3, 0.4) is 0 Å². The molecule has 0 saturated carbocycles. The maximum absolute atomic E-state index is 12.1. The number of nitrogens with zero attached hydrogens (tertiary/aromatic N) is 1. The predicted octanol–water partition coefficient (Wildman–Crippen LogP) is 3.85. The number of ether oxygens (including phenoxy) is 1. The summed E-state index contributed by atoms with van der Waals surface area (Å²) in [5.74, 6) is -0.585. The van der Waals surface area contributed by atoms with Crippen LogP contribution in [-0.2, 0) is 22.4 Å². The zero-order valence-electron chi connectivity index (χ0n) is 14.1. The Morgan fingerprint density at radius 3 is 2.68 bits per heavy atom. The van der Waals surface area contributed by atoms with Crippen LogP contribution < -0.4 is 5.32 Å². The summed E-state index contributed by atoms with van der Waals surface area (Å²) in [6, 6.07) is 6.87. The molecule has 3 rings (SSSR count). The minimum Gasteiger partial charge on any atom is -0.465 e. The Bertz CT molecular complexity index is 770. The lowest BCUT2D eigenvalue weighted by molar-refractivity contribution is -0.111. The number of rotatable bonds is 4. The topological polar surface area (TPSA) is 68.3 Å².